The molecule has 0 spiro atoms. The highest BCUT2D eigenvalue weighted by Crippen LogP contribution is 2.29. The summed E-state index contributed by atoms with van der Waals surface area (Å²) in [6, 6.07) is 22.3. The van der Waals surface area contributed by atoms with Gasteiger partial charge in [0.2, 0.25) is 0 Å². The maximum atomic E-state index is 12.6. The second-order valence-electron chi connectivity index (χ2n) is 5.53. The van der Waals surface area contributed by atoms with E-state index in [-0.39, 0.29) is 16.3 Å². The number of non-ortho nitro benzene ring substituents is 1. The lowest BCUT2D eigenvalue weighted by Gasteiger charge is -2.19. The first-order valence-electron chi connectivity index (χ1n) is 7.81. The molecule has 0 atom stereocenters. The lowest BCUT2D eigenvalue weighted by atomic mass is 10.0. The molecular formula is C20H14ClNO4. The van der Waals surface area contributed by atoms with E-state index in [1.54, 1.807) is 0 Å². The zero-order valence-electron chi connectivity index (χ0n) is 13.5. The summed E-state index contributed by atoms with van der Waals surface area (Å²) in [6.07, 6.45) is -0.615. The molecule has 0 saturated heterocycles. The van der Waals surface area contributed by atoms with Crippen molar-refractivity contribution in [3.8, 4) is 0 Å². The molecule has 0 aliphatic rings. The van der Waals surface area contributed by atoms with Crippen LogP contribution in [0.2, 0.25) is 5.02 Å². The molecular weight excluding hydrogens is 354 g/mol. The van der Waals surface area contributed by atoms with Gasteiger partial charge in [-0.1, -0.05) is 72.3 Å². The van der Waals surface area contributed by atoms with Crippen LogP contribution in [-0.2, 0) is 4.74 Å². The summed E-state index contributed by atoms with van der Waals surface area (Å²) in [7, 11) is 0. The lowest BCUT2D eigenvalue weighted by Crippen LogP contribution is -2.13. The lowest BCUT2D eigenvalue weighted by molar-refractivity contribution is -0.384. The molecule has 0 saturated carbocycles. The summed E-state index contributed by atoms with van der Waals surface area (Å²) in [5.74, 6) is -0.650. The normalized spacial score (nSPS) is 10.5. The van der Waals surface area contributed by atoms with Crippen molar-refractivity contribution in [1.29, 1.82) is 0 Å². The number of halogens is 1. The highest BCUT2D eigenvalue weighted by atomic mass is 35.5. The highest BCUT2D eigenvalue weighted by molar-refractivity contribution is 6.33. The molecule has 0 fully saturated rings. The van der Waals surface area contributed by atoms with Gasteiger partial charge in [0, 0.05) is 12.1 Å². The zero-order valence-corrected chi connectivity index (χ0v) is 14.3. The molecule has 3 aromatic rings. The van der Waals surface area contributed by atoms with E-state index in [0.717, 1.165) is 17.2 Å². The number of ether oxygens (including phenoxy) is 1. The van der Waals surface area contributed by atoms with Gasteiger partial charge in [-0.15, -0.1) is 0 Å². The van der Waals surface area contributed by atoms with Crippen LogP contribution in [0, 0.1) is 10.1 Å². The van der Waals surface area contributed by atoms with Crippen LogP contribution in [-0.4, -0.2) is 10.9 Å². The Kier molecular flexibility index (Phi) is 5.29. The van der Waals surface area contributed by atoms with Gasteiger partial charge in [0.05, 0.1) is 15.5 Å². The number of rotatable bonds is 5. The van der Waals surface area contributed by atoms with E-state index in [2.05, 4.69) is 0 Å². The first-order valence-corrected chi connectivity index (χ1v) is 8.19. The Bertz CT molecular complexity index is 890. The van der Waals surface area contributed by atoms with Gasteiger partial charge in [-0.25, -0.2) is 4.79 Å². The van der Waals surface area contributed by atoms with Gasteiger partial charge in [0.15, 0.2) is 6.10 Å². The van der Waals surface area contributed by atoms with Crippen molar-refractivity contribution < 1.29 is 14.5 Å². The Morgan fingerprint density at radius 3 is 1.92 bits per heavy atom. The first kappa shape index (κ1) is 17.6. The second kappa shape index (κ2) is 7.80. The molecule has 0 unspecified atom stereocenters. The number of carbonyl (C=O) groups is 1. The molecule has 0 aromatic heterocycles. The third kappa shape index (κ3) is 3.90. The van der Waals surface area contributed by atoms with Crippen LogP contribution in [0.3, 0.4) is 0 Å². The summed E-state index contributed by atoms with van der Waals surface area (Å²) in [6.45, 7) is 0. The molecule has 0 radical (unpaired) electrons. The smallest absolute Gasteiger partial charge is 0.340 e. The standard InChI is InChI=1S/C20H14ClNO4/c21-18-13-16(22(24)25)11-12-17(18)20(23)26-19(14-7-3-1-4-8-14)15-9-5-2-6-10-15/h1-13,19H. The minimum absolute atomic E-state index is 0.0240. The molecule has 130 valence electrons. The molecule has 0 heterocycles. The van der Waals surface area contributed by atoms with Crippen molar-refractivity contribution in [3.63, 3.8) is 0 Å². The van der Waals surface area contributed by atoms with E-state index >= 15 is 0 Å². The fourth-order valence-corrected chi connectivity index (χ4v) is 2.79. The van der Waals surface area contributed by atoms with Crippen LogP contribution >= 0.6 is 11.6 Å². The Labute approximate surface area is 155 Å². The molecule has 26 heavy (non-hydrogen) atoms. The van der Waals surface area contributed by atoms with Crippen molar-refractivity contribution in [1.82, 2.24) is 0 Å². The van der Waals surface area contributed by atoms with Crippen LogP contribution < -0.4 is 0 Å². The monoisotopic (exact) mass is 367 g/mol. The van der Waals surface area contributed by atoms with Crippen LogP contribution in [0.25, 0.3) is 0 Å². The molecule has 3 rings (SSSR count). The van der Waals surface area contributed by atoms with E-state index in [4.69, 9.17) is 16.3 Å². The zero-order chi connectivity index (χ0) is 18.5. The van der Waals surface area contributed by atoms with Crippen LogP contribution in [0.5, 0.6) is 0 Å². The van der Waals surface area contributed by atoms with Crippen molar-refractivity contribution >= 4 is 23.3 Å². The van der Waals surface area contributed by atoms with Gasteiger partial charge >= 0.3 is 5.97 Å². The molecule has 5 nitrogen and oxygen atoms in total. The molecule has 0 amide bonds. The molecule has 0 N–H and O–H groups in total. The van der Waals surface area contributed by atoms with Crippen molar-refractivity contribution in [3.05, 3.63) is 111 Å². The number of nitro benzene ring substituents is 1. The van der Waals surface area contributed by atoms with E-state index < -0.39 is 17.0 Å². The van der Waals surface area contributed by atoms with Crippen LogP contribution in [0.1, 0.15) is 27.6 Å². The summed E-state index contributed by atoms with van der Waals surface area (Å²) < 4.78 is 5.70. The number of nitrogens with zero attached hydrogens (tertiary/aromatic N) is 1. The summed E-state index contributed by atoms with van der Waals surface area (Å²) in [5.41, 5.74) is 1.51. The summed E-state index contributed by atoms with van der Waals surface area (Å²) >= 11 is 6.04. The van der Waals surface area contributed by atoms with E-state index in [1.165, 1.54) is 12.1 Å². The van der Waals surface area contributed by atoms with E-state index in [9.17, 15) is 14.9 Å². The molecule has 0 aliphatic carbocycles. The van der Waals surface area contributed by atoms with E-state index in [1.807, 2.05) is 60.7 Å². The molecule has 6 heteroatoms. The molecule has 3 aromatic carbocycles. The largest absolute Gasteiger partial charge is 0.449 e. The predicted octanol–water partition coefficient (Wildman–Crippen LogP) is 5.19. The average Bonchev–Trinajstić information content (AvgIpc) is 2.67. The van der Waals surface area contributed by atoms with Crippen LogP contribution in [0.4, 0.5) is 5.69 Å². The fraction of sp³-hybridized carbons (Fsp3) is 0.0500. The third-order valence-electron chi connectivity index (χ3n) is 3.81. The predicted molar refractivity (Wildman–Crippen MR) is 98.2 cm³/mol. The fourth-order valence-electron chi connectivity index (χ4n) is 2.54. The maximum absolute atomic E-state index is 12.6. The van der Waals surface area contributed by atoms with Crippen LogP contribution in [0.15, 0.2) is 78.9 Å². The number of benzene rings is 3. The first-order chi connectivity index (χ1) is 12.6. The Morgan fingerprint density at radius 2 is 1.46 bits per heavy atom. The number of carbonyl (C=O) groups excluding carboxylic acids is 1. The third-order valence-corrected chi connectivity index (χ3v) is 4.13. The van der Waals surface area contributed by atoms with Gasteiger partial charge in [0.25, 0.3) is 5.69 Å². The van der Waals surface area contributed by atoms with E-state index in [0.29, 0.717) is 0 Å². The van der Waals surface area contributed by atoms with Gasteiger partial charge in [0.1, 0.15) is 0 Å². The van der Waals surface area contributed by atoms with Crippen molar-refractivity contribution in [2.24, 2.45) is 0 Å². The number of nitro groups is 1. The number of hydrogen-bond donors (Lipinski definition) is 0. The number of hydrogen-bond acceptors (Lipinski definition) is 4. The van der Waals surface area contributed by atoms with Gasteiger partial charge in [-0.3, -0.25) is 10.1 Å². The van der Waals surface area contributed by atoms with Crippen molar-refractivity contribution in [2.45, 2.75) is 6.10 Å². The number of esters is 1. The Hall–Kier alpha value is -3.18. The summed E-state index contributed by atoms with van der Waals surface area (Å²) in [5, 5.41) is 10.8. The molecule has 0 bridgehead atoms. The molecule has 0 aliphatic heterocycles. The van der Waals surface area contributed by atoms with Crippen molar-refractivity contribution in [2.75, 3.05) is 0 Å². The second-order valence-corrected chi connectivity index (χ2v) is 5.94. The topological polar surface area (TPSA) is 69.4 Å². The maximum Gasteiger partial charge on any atom is 0.340 e. The van der Waals surface area contributed by atoms with Gasteiger partial charge in [-0.05, 0) is 17.2 Å². The van der Waals surface area contributed by atoms with Gasteiger partial charge in [-0.2, -0.15) is 0 Å². The SMILES string of the molecule is O=C(OC(c1ccccc1)c1ccccc1)c1ccc([N+](=O)[O-])cc1Cl. The highest BCUT2D eigenvalue weighted by Gasteiger charge is 2.22. The minimum atomic E-state index is -0.650. The average molecular weight is 368 g/mol. The quantitative estimate of drug-likeness (QED) is 0.353. The Morgan fingerprint density at radius 1 is 0.923 bits per heavy atom. The minimum Gasteiger partial charge on any atom is -0.449 e. The Balaban J connectivity index is 1.92. The van der Waals surface area contributed by atoms with Gasteiger partial charge < -0.3 is 4.74 Å². The summed E-state index contributed by atoms with van der Waals surface area (Å²) in [4.78, 5) is 22.9.